The lowest BCUT2D eigenvalue weighted by Crippen LogP contribution is -2.34. The van der Waals surface area contributed by atoms with Crippen LogP contribution in [0.25, 0.3) is 0 Å². The Bertz CT molecular complexity index is 360. The van der Waals surface area contributed by atoms with E-state index in [9.17, 15) is 0 Å². The van der Waals surface area contributed by atoms with Gasteiger partial charge in [-0.05, 0) is 32.9 Å². The number of rotatable bonds is 1. The average Bonchev–Trinajstić information content (AvgIpc) is 2.34. The predicted molar refractivity (Wildman–Crippen MR) is 55.5 cm³/mol. The first-order chi connectivity index (χ1) is 6.54. The third-order valence-electron chi connectivity index (χ3n) is 2.80. The fourth-order valence-corrected chi connectivity index (χ4v) is 1.98. The highest BCUT2D eigenvalue weighted by Gasteiger charge is 2.41. The summed E-state index contributed by atoms with van der Waals surface area (Å²) in [7, 11) is 0. The van der Waals surface area contributed by atoms with Crippen molar-refractivity contribution in [3.05, 3.63) is 23.5 Å². The number of nitrogens with two attached hydrogens (primary N) is 1. The molecule has 0 bridgehead atoms. The fourth-order valence-electron chi connectivity index (χ4n) is 1.98. The number of aromatic nitrogens is 1. The zero-order valence-corrected chi connectivity index (χ0v) is 8.87. The summed E-state index contributed by atoms with van der Waals surface area (Å²) in [6.07, 6.45) is 0. The molecule has 0 saturated carbocycles. The number of nitrogens with zero attached hydrogens (tertiary/aromatic N) is 1. The SMILES string of the molecule is Cc1ccc2c(n1)C(CN)C(C)(C)O2. The van der Waals surface area contributed by atoms with E-state index in [4.69, 9.17) is 10.5 Å². The molecule has 0 radical (unpaired) electrons. The van der Waals surface area contributed by atoms with Gasteiger partial charge in [-0.2, -0.15) is 0 Å². The van der Waals surface area contributed by atoms with Crippen molar-refractivity contribution < 1.29 is 4.74 Å². The van der Waals surface area contributed by atoms with E-state index >= 15 is 0 Å². The van der Waals surface area contributed by atoms with Crippen molar-refractivity contribution >= 4 is 0 Å². The standard InChI is InChI=1S/C11H16N2O/c1-7-4-5-9-10(13-7)8(6-12)11(2,3)14-9/h4-5,8H,6,12H2,1-3H3. The highest BCUT2D eigenvalue weighted by atomic mass is 16.5. The van der Waals surface area contributed by atoms with E-state index in [-0.39, 0.29) is 11.5 Å². The van der Waals surface area contributed by atoms with Gasteiger partial charge in [0, 0.05) is 12.2 Å². The maximum absolute atomic E-state index is 5.81. The Kier molecular flexibility index (Phi) is 2.00. The first-order valence-corrected chi connectivity index (χ1v) is 4.91. The predicted octanol–water partition coefficient (Wildman–Crippen LogP) is 1.60. The molecule has 3 nitrogen and oxygen atoms in total. The molecule has 14 heavy (non-hydrogen) atoms. The highest BCUT2D eigenvalue weighted by molar-refractivity contribution is 5.39. The molecular formula is C11H16N2O. The van der Waals surface area contributed by atoms with Gasteiger partial charge in [0.2, 0.25) is 0 Å². The quantitative estimate of drug-likeness (QED) is 0.735. The molecular weight excluding hydrogens is 176 g/mol. The molecule has 2 rings (SSSR count). The number of hydrogen-bond acceptors (Lipinski definition) is 3. The van der Waals surface area contributed by atoms with Crippen molar-refractivity contribution in [2.24, 2.45) is 5.73 Å². The van der Waals surface area contributed by atoms with Crippen molar-refractivity contribution in [1.29, 1.82) is 0 Å². The summed E-state index contributed by atoms with van der Waals surface area (Å²) in [5, 5.41) is 0. The van der Waals surface area contributed by atoms with E-state index in [1.807, 2.05) is 19.1 Å². The first-order valence-electron chi connectivity index (χ1n) is 4.91. The topological polar surface area (TPSA) is 48.1 Å². The first kappa shape index (κ1) is 9.46. The average molecular weight is 192 g/mol. The second-order valence-electron chi connectivity index (χ2n) is 4.33. The van der Waals surface area contributed by atoms with Gasteiger partial charge >= 0.3 is 0 Å². The molecule has 3 heteroatoms. The summed E-state index contributed by atoms with van der Waals surface area (Å²) >= 11 is 0. The minimum Gasteiger partial charge on any atom is -0.485 e. The van der Waals surface area contributed by atoms with E-state index in [0.717, 1.165) is 17.1 Å². The molecule has 0 saturated heterocycles. The lowest BCUT2D eigenvalue weighted by Gasteiger charge is -2.24. The Labute approximate surface area is 84.3 Å². The van der Waals surface area contributed by atoms with Gasteiger partial charge in [0.1, 0.15) is 11.4 Å². The minimum absolute atomic E-state index is 0.206. The molecule has 0 fully saturated rings. The van der Waals surface area contributed by atoms with Crippen LogP contribution in [0.15, 0.2) is 12.1 Å². The summed E-state index contributed by atoms with van der Waals surface area (Å²) in [6.45, 7) is 6.68. The van der Waals surface area contributed by atoms with Crippen LogP contribution in [0.4, 0.5) is 0 Å². The van der Waals surface area contributed by atoms with Crippen LogP contribution in [0.1, 0.15) is 31.2 Å². The number of ether oxygens (including phenoxy) is 1. The number of aryl methyl sites for hydroxylation is 1. The van der Waals surface area contributed by atoms with Gasteiger partial charge in [0.25, 0.3) is 0 Å². The van der Waals surface area contributed by atoms with Crippen LogP contribution < -0.4 is 10.5 Å². The number of pyridine rings is 1. The Morgan fingerprint density at radius 3 is 2.86 bits per heavy atom. The molecule has 0 amide bonds. The molecule has 0 spiro atoms. The van der Waals surface area contributed by atoms with Crippen molar-refractivity contribution in [2.45, 2.75) is 32.3 Å². The van der Waals surface area contributed by atoms with Crippen LogP contribution >= 0.6 is 0 Å². The van der Waals surface area contributed by atoms with Gasteiger partial charge in [-0.3, -0.25) is 4.98 Å². The Morgan fingerprint density at radius 1 is 1.50 bits per heavy atom. The van der Waals surface area contributed by atoms with E-state index in [1.54, 1.807) is 0 Å². The van der Waals surface area contributed by atoms with Crippen molar-refractivity contribution in [1.82, 2.24) is 4.98 Å². The summed E-state index contributed by atoms with van der Waals surface area (Å²) in [5.41, 5.74) is 7.56. The molecule has 1 atom stereocenters. The number of hydrogen-bond donors (Lipinski definition) is 1. The molecule has 2 N–H and O–H groups in total. The van der Waals surface area contributed by atoms with Crippen LogP contribution in [-0.2, 0) is 0 Å². The highest BCUT2D eigenvalue weighted by Crippen LogP contribution is 2.42. The molecule has 76 valence electrons. The van der Waals surface area contributed by atoms with E-state index in [0.29, 0.717) is 6.54 Å². The van der Waals surface area contributed by atoms with Gasteiger partial charge in [-0.15, -0.1) is 0 Å². The van der Waals surface area contributed by atoms with Gasteiger partial charge in [0.15, 0.2) is 0 Å². The molecule has 0 aromatic carbocycles. The van der Waals surface area contributed by atoms with Gasteiger partial charge in [-0.1, -0.05) is 0 Å². The van der Waals surface area contributed by atoms with Crippen LogP contribution in [0, 0.1) is 6.92 Å². The summed E-state index contributed by atoms with van der Waals surface area (Å²) in [4.78, 5) is 4.50. The molecule has 1 aliphatic rings. The number of fused-ring (bicyclic) bond motifs is 1. The maximum Gasteiger partial charge on any atom is 0.142 e. The van der Waals surface area contributed by atoms with E-state index in [1.165, 1.54) is 0 Å². The Hall–Kier alpha value is -1.09. The van der Waals surface area contributed by atoms with E-state index in [2.05, 4.69) is 18.8 Å². The van der Waals surface area contributed by atoms with E-state index < -0.39 is 0 Å². The summed E-state index contributed by atoms with van der Waals surface area (Å²) < 4.78 is 5.81. The molecule has 1 aromatic rings. The van der Waals surface area contributed by atoms with Crippen molar-refractivity contribution in [2.75, 3.05) is 6.54 Å². The fraction of sp³-hybridized carbons (Fsp3) is 0.545. The van der Waals surface area contributed by atoms with Crippen LogP contribution in [-0.4, -0.2) is 17.1 Å². The Morgan fingerprint density at radius 2 is 2.21 bits per heavy atom. The zero-order chi connectivity index (χ0) is 10.3. The van der Waals surface area contributed by atoms with Gasteiger partial charge < -0.3 is 10.5 Å². The van der Waals surface area contributed by atoms with Crippen molar-refractivity contribution in [3.8, 4) is 5.75 Å². The summed E-state index contributed by atoms with van der Waals surface area (Å²) in [6, 6.07) is 3.95. The van der Waals surface area contributed by atoms with Crippen LogP contribution in [0.2, 0.25) is 0 Å². The van der Waals surface area contributed by atoms with Crippen LogP contribution in [0.5, 0.6) is 5.75 Å². The molecule has 1 aliphatic heterocycles. The maximum atomic E-state index is 5.81. The zero-order valence-electron chi connectivity index (χ0n) is 8.87. The Balaban J connectivity index is 2.49. The third kappa shape index (κ3) is 1.28. The van der Waals surface area contributed by atoms with Crippen molar-refractivity contribution in [3.63, 3.8) is 0 Å². The lowest BCUT2D eigenvalue weighted by atomic mass is 9.90. The molecule has 1 aromatic heterocycles. The lowest BCUT2D eigenvalue weighted by molar-refractivity contribution is 0.112. The van der Waals surface area contributed by atoms with Gasteiger partial charge in [0.05, 0.1) is 11.6 Å². The molecule has 2 heterocycles. The second kappa shape index (κ2) is 2.95. The van der Waals surface area contributed by atoms with Crippen LogP contribution in [0.3, 0.4) is 0 Å². The summed E-state index contributed by atoms with van der Waals surface area (Å²) in [5.74, 6) is 1.09. The monoisotopic (exact) mass is 192 g/mol. The largest absolute Gasteiger partial charge is 0.485 e. The second-order valence-corrected chi connectivity index (χ2v) is 4.33. The van der Waals surface area contributed by atoms with Gasteiger partial charge in [-0.25, -0.2) is 0 Å². The normalized spacial score (nSPS) is 23.0. The smallest absolute Gasteiger partial charge is 0.142 e. The third-order valence-corrected chi connectivity index (χ3v) is 2.80. The minimum atomic E-state index is -0.224. The molecule has 1 unspecified atom stereocenters. The molecule has 0 aliphatic carbocycles.